The quantitative estimate of drug-likeness (QED) is 0.605. The highest BCUT2D eigenvalue weighted by Gasteiger charge is 2.49. The van der Waals surface area contributed by atoms with Crippen molar-refractivity contribution in [3.8, 4) is 0 Å². The minimum absolute atomic E-state index is 0.0309. The van der Waals surface area contributed by atoms with Gasteiger partial charge in [0, 0.05) is 44.1 Å². The number of carbonyl (C=O) groups is 2. The number of hydrogen-bond donors (Lipinski definition) is 2. The maximum absolute atomic E-state index is 12.4. The second-order valence-electron chi connectivity index (χ2n) is 5.80. The molecule has 0 radical (unpaired) electrons. The Kier molecular flexibility index (Phi) is 4.99. The molecular formula is C17H20N4O4. The molecule has 1 atom stereocenters. The van der Waals surface area contributed by atoms with Gasteiger partial charge in [0.1, 0.15) is 0 Å². The number of nitrogens with zero attached hydrogens (tertiary/aromatic N) is 3. The Hall–Kier alpha value is -2.87. The van der Waals surface area contributed by atoms with Crippen molar-refractivity contribution in [1.82, 2.24) is 14.9 Å². The average molecular weight is 344 g/mol. The fourth-order valence-electron chi connectivity index (χ4n) is 2.69. The first kappa shape index (κ1) is 17.0. The molecule has 2 amide bonds. The molecular weight excluding hydrogens is 324 g/mol. The van der Waals surface area contributed by atoms with Gasteiger partial charge in [-0.25, -0.2) is 9.78 Å². The summed E-state index contributed by atoms with van der Waals surface area (Å²) in [6.45, 7) is 1.35. The van der Waals surface area contributed by atoms with Crippen molar-refractivity contribution < 1.29 is 19.4 Å². The number of aromatic nitrogens is 2. The van der Waals surface area contributed by atoms with Gasteiger partial charge in [-0.2, -0.15) is 0 Å². The molecule has 1 saturated heterocycles. The number of aliphatic hydroxyl groups is 1. The summed E-state index contributed by atoms with van der Waals surface area (Å²) >= 11 is 0. The molecule has 2 heterocycles. The van der Waals surface area contributed by atoms with E-state index in [2.05, 4.69) is 10.3 Å². The lowest BCUT2D eigenvalue weighted by molar-refractivity contribution is -0.175. The van der Waals surface area contributed by atoms with Crippen LogP contribution in [0.2, 0.25) is 0 Å². The Morgan fingerprint density at radius 2 is 2.16 bits per heavy atom. The SMILES string of the molecule is O=C(NCCCn1ccnc1)O[C@@]1(O)CCN(c2ccccc2)C1=O. The number of imidazole rings is 1. The van der Waals surface area contributed by atoms with Gasteiger partial charge < -0.3 is 24.6 Å². The van der Waals surface area contributed by atoms with Crippen LogP contribution in [0.25, 0.3) is 0 Å². The summed E-state index contributed by atoms with van der Waals surface area (Å²) in [6.07, 6.45) is 5.10. The van der Waals surface area contributed by atoms with Crippen LogP contribution < -0.4 is 10.2 Å². The summed E-state index contributed by atoms with van der Waals surface area (Å²) in [4.78, 5) is 29.6. The molecule has 8 nitrogen and oxygen atoms in total. The van der Waals surface area contributed by atoms with Crippen LogP contribution in [-0.4, -0.2) is 45.5 Å². The molecule has 1 aliphatic rings. The molecule has 0 saturated carbocycles. The van der Waals surface area contributed by atoms with E-state index in [0.717, 1.165) is 0 Å². The lowest BCUT2D eigenvalue weighted by atomic mass is 10.2. The van der Waals surface area contributed by atoms with Crippen molar-refractivity contribution in [3.63, 3.8) is 0 Å². The van der Waals surface area contributed by atoms with Gasteiger partial charge in [-0.05, 0) is 18.6 Å². The maximum atomic E-state index is 12.4. The monoisotopic (exact) mass is 344 g/mol. The maximum Gasteiger partial charge on any atom is 0.410 e. The van der Waals surface area contributed by atoms with Crippen molar-refractivity contribution >= 4 is 17.7 Å². The van der Waals surface area contributed by atoms with E-state index in [1.54, 1.807) is 36.8 Å². The number of hydrogen-bond acceptors (Lipinski definition) is 5. The second-order valence-corrected chi connectivity index (χ2v) is 5.80. The number of rotatable bonds is 6. The number of amides is 2. The summed E-state index contributed by atoms with van der Waals surface area (Å²) in [6, 6.07) is 8.96. The van der Waals surface area contributed by atoms with Crippen LogP contribution in [0.15, 0.2) is 49.1 Å². The summed E-state index contributed by atoms with van der Waals surface area (Å²) in [5.74, 6) is -2.75. The second kappa shape index (κ2) is 7.35. The fraction of sp³-hybridized carbons (Fsp3) is 0.353. The van der Waals surface area contributed by atoms with Crippen LogP contribution >= 0.6 is 0 Å². The number of aryl methyl sites for hydroxylation is 1. The van der Waals surface area contributed by atoms with E-state index in [4.69, 9.17) is 4.74 Å². The lowest BCUT2D eigenvalue weighted by Gasteiger charge is -2.22. The van der Waals surface area contributed by atoms with Crippen molar-refractivity contribution in [2.24, 2.45) is 0 Å². The molecule has 0 spiro atoms. The molecule has 0 unspecified atom stereocenters. The van der Waals surface area contributed by atoms with Crippen LogP contribution in [0, 0.1) is 0 Å². The molecule has 1 aromatic carbocycles. The first-order valence-electron chi connectivity index (χ1n) is 8.10. The number of carbonyl (C=O) groups excluding carboxylic acids is 2. The number of para-hydroxylation sites is 1. The first-order valence-corrected chi connectivity index (χ1v) is 8.10. The molecule has 0 aliphatic carbocycles. The third-order valence-electron chi connectivity index (χ3n) is 4.00. The third-order valence-corrected chi connectivity index (χ3v) is 4.00. The van der Waals surface area contributed by atoms with Crippen molar-refractivity contribution in [1.29, 1.82) is 0 Å². The predicted molar refractivity (Wildman–Crippen MR) is 89.7 cm³/mol. The number of nitrogens with one attached hydrogen (secondary N) is 1. The number of benzene rings is 1. The van der Waals surface area contributed by atoms with Crippen LogP contribution in [0.3, 0.4) is 0 Å². The molecule has 2 aromatic rings. The zero-order valence-corrected chi connectivity index (χ0v) is 13.7. The first-order chi connectivity index (χ1) is 12.1. The van der Waals surface area contributed by atoms with Crippen LogP contribution in [0.4, 0.5) is 10.5 Å². The van der Waals surface area contributed by atoms with E-state index < -0.39 is 17.8 Å². The lowest BCUT2D eigenvalue weighted by Crippen LogP contribution is -2.46. The molecule has 132 valence electrons. The molecule has 25 heavy (non-hydrogen) atoms. The normalized spacial score (nSPS) is 19.9. The van der Waals surface area contributed by atoms with Crippen LogP contribution in [0.5, 0.6) is 0 Å². The standard InChI is InChI=1S/C17H20N4O4/c22-15-17(24,7-11-21(15)14-5-2-1-3-6-14)25-16(23)19-8-4-10-20-12-9-18-13-20/h1-3,5-6,9,12-13,24H,4,7-8,10-11H2,(H,19,23)/t17-/m0/s1. The molecule has 0 bridgehead atoms. The number of alkyl carbamates (subject to hydrolysis) is 1. The Labute approximate surface area is 145 Å². The van der Waals surface area contributed by atoms with Crippen molar-refractivity contribution in [2.45, 2.75) is 25.2 Å². The van der Waals surface area contributed by atoms with E-state index in [1.165, 1.54) is 4.90 Å². The van der Waals surface area contributed by atoms with Crippen molar-refractivity contribution in [3.05, 3.63) is 49.1 Å². The average Bonchev–Trinajstić information content (AvgIpc) is 3.22. The Morgan fingerprint density at radius 1 is 1.36 bits per heavy atom. The minimum atomic E-state index is -2.12. The van der Waals surface area contributed by atoms with Crippen molar-refractivity contribution in [2.75, 3.05) is 18.0 Å². The predicted octanol–water partition coefficient (Wildman–Crippen LogP) is 1.12. The Balaban J connectivity index is 1.48. The topological polar surface area (TPSA) is 96.7 Å². The third kappa shape index (κ3) is 3.97. The van der Waals surface area contributed by atoms with Gasteiger partial charge in [0.05, 0.1) is 6.33 Å². The van der Waals surface area contributed by atoms with E-state index in [0.29, 0.717) is 25.2 Å². The van der Waals surface area contributed by atoms with E-state index in [1.807, 2.05) is 16.8 Å². The van der Waals surface area contributed by atoms with Gasteiger partial charge >= 0.3 is 6.09 Å². The van der Waals surface area contributed by atoms with E-state index >= 15 is 0 Å². The molecule has 3 rings (SSSR count). The van der Waals surface area contributed by atoms with Gasteiger partial charge in [0.2, 0.25) is 0 Å². The fourth-order valence-corrected chi connectivity index (χ4v) is 2.69. The van der Waals surface area contributed by atoms with E-state index in [-0.39, 0.29) is 13.0 Å². The highest BCUT2D eigenvalue weighted by Crippen LogP contribution is 2.29. The summed E-state index contributed by atoms with van der Waals surface area (Å²) in [5.41, 5.74) is 0.660. The van der Waals surface area contributed by atoms with Gasteiger partial charge in [-0.3, -0.25) is 4.79 Å². The Morgan fingerprint density at radius 3 is 2.88 bits per heavy atom. The Bertz CT molecular complexity index is 720. The largest absolute Gasteiger partial charge is 0.410 e. The molecule has 2 N–H and O–H groups in total. The van der Waals surface area contributed by atoms with Crippen LogP contribution in [-0.2, 0) is 16.1 Å². The van der Waals surface area contributed by atoms with Crippen LogP contribution in [0.1, 0.15) is 12.8 Å². The molecule has 1 aliphatic heterocycles. The van der Waals surface area contributed by atoms with Gasteiger partial charge in [0.25, 0.3) is 11.7 Å². The summed E-state index contributed by atoms with van der Waals surface area (Å²) in [7, 11) is 0. The number of ether oxygens (including phenoxy) is 1. The van der Waals surface area contributed by atoms with Gasteiger partial charge in [-0.15, -0.1) is 0 Å². The van der Waals surface area contributed by atoms with E-state index in [9.17, 15) is 14.7 Å². The molecule has 1 fully saturated rings. The minimum Gasteiger partial charge on any atom is -0.407 e. The zero-order valence-electron chi connectivity index (χ0n) is 13.7. The molecule has 1 aromatic heterocycles. The molecule has 8 heteroatoms. The van der Waals surface area contributed by atoms with Gasteiger partial charge in [0.15, 0.2) is 0 Å². The zero-order chi connectivity index (χ0) is 17.7. The van der Waals surface area contributed by atoms with Gasteiger partial charge in [-0.1, -0.05) is 18.2 Å². The number of anilines is 1. The highest BCUT2D eigenvalue weighted by molar-refractivity contribution is 6.01. The smallest absolute Gasteiger partial charge is 0.407 e. The summed E-state index contributed by atoms with van der Waals surface area (Å²) in [5, 5.41) is 12.9. The summed E-state index contributed by atoms with van der Waals surface area (Å²) < 4.78 is 6.88. The highest BCUT2D eigenvalue weighted by atomic mass is 16.7.